The van der Waals surface area contributed by atoms with Gasteiger partial charge < -0.3 is 19.9 Å². The van der Waals surface area contributed by atoms with E-state index in [-0.39, 0.29) is 6.04 Å². The van der Waals surface area contributed by atoms with Gasteiger partial charge in [-0.1, -0.05) is 12.5 Å². The maximum Gasteiger partial charge on any atom is 0.419 e. The van der Waals surface area contributed by atoms with Crippen LogP contribution < -0.4 is 10.5 Å². The number of carbonyl (C=O) groups excluding carboxylic acids is 2. The Bertz CT molecular complexity index is 1320. The summed E-state index contributed by atoms with van der Waals surface area (Å²) in [6, 6.07) is 9.44. The molecular formula is C29H37N3O5. The first-order valence-electron chi connectivity index (χ1n) is 12.7. The van der Waals surface area contributed by atoms with Gasteiger partial charge in [0.25, 0.3) is 0 Å². The number of aromatic nitrogens is 1. The summed E-state index contributed by atoms with van der Waals surface area (Å²) in [6.07, 6.45) is 4.49. The maximum absolute atomic E-state index is 13.0. The van der Waals surface area contributed by atoms with Crippen LogP contribution in [0.15, 0.2) is 36.5 Å². The van der Waals surface area contributed by atoms with Gasteiger partial charge in [-0.15, -0.1) is 0 Å². The van der Waals surface area contributed by atoms with E-state index >= 15 is 0 Å². The van der Waals surface area contributed by atoms with E-state index in [9.17, 15) is 9.59 Å². The van der Waals surface area contributed by atoms with Crippen LogP contribution in [-0.2, 0) is 16.0 Å². The summed E-state index contributed by atoms with van der Waals surface area (Å²) in [4.78, 5) is 27.3. The van der Waals surface area contributed by atoms with E-state index in [4.69, 9.17) is 19.9 Å². The lowest BCUT2D eigenvalue weighted by Crippen LogP contribution is -2.33. The van der Waals surface area contributed by atoms with Crippen molar-refractivity contribution < 1.29 is 23.8 Å². The predicted octanol–water partition coefficient (Wildman–Crippen LogP) is 5.84. The van der Waals surface area contributed by atoms with Crippen LogP contribution in [0.1, 0.15) is 73.1 Å². The molecule has 1 fully saturated rings. The van der Waals surface area contributed by atoms with Crippen molar-refractivity contribution in [1.29, 1.82) is 0 Å². The molecule has 0 spiro atoms. The Labute approximate surface area is 218 Å². The third-order valence-corrected chi connectivity index (χ3v) is 6.88. The summed E-state index contributed by atoms with van der Waals surface area (Å²) >= 11 is 0. The van der Waals surface area contributed by atoms with Crippen molar-refractivity contribution in [2.45, 2.75) is 65.1 Å². The van der Waals surface area contributed by atoms with Crippen LogP contribution in [0.2, 0.25) is 0 Å². The molecular weight excluding hydrogens is 470 g/mol. The third kappa shape index (κ3) is 5.44. The number of anilines is 1. The lowest BCUT2D eigenvalue weighted by atomic mass is 9.92. The van der Waals surface area contributed by atoms with Gasteiger partial charge in [0.1, 0.15) is 11.4 Å². The van der Waals surface area contributed by atoms with Crippen molar-refractivity contribution in [2.24, 2.45) is 0 Å². The van der Waals surface area contributed by atoms with Gasteiger partial charge in [-0.05, 0) is 82.5 Å². The number of fused-ring (bicyclic) bond motifs is 1. The standard InChI is InChI=1S/C29H37N3O5/c1-18-15-25(35-5)22(20-12-14-32(26(18)20)28(34)37-29(2,3)4)17-31-13-8-7-9-24(31)21-11-10-19(16-23(21)30)27(33)36-6/h10-12,14-16,24H,7-9,13,17,30H2,1-6H3/t24-/m1/s1. The summed E-state index contributed by atoms with van der Waals surface area (Å²) < 4.78 is 17.9. The van der Waals surface area contributed by atoms with Crippen LogP contribution in [0.25, 0.3) is 10.9 Å². The lowest BCUT2D eigenvalue weighted by molar-refractivity contribution is 0.0542. The summed E-state index contributed by atoms with van der Waals surface area (Å²) in [7, 11) is 3.04. The Morgan fingerprint density at radius 2 is 1.86 bits per heavy atom. The number of nitrogen functional groups attached to an aromatic ring is 1. The van der Waals surface area contributed by atoms with E-state index in [0.29, 0.717) is 17.8 Å². The second-order valence-corrected chi connectivity index (χ2v) is 10.6. The fourth-order valence-corrected chi connectivity index (χ4v) is 5.23. The molecule has 198 valence electrons. The number of carbonyl (C=O) groups is 2. The van der Waals surface area contributed by atoms with Crippen molar-refractivity contribution in [1.82, 2.24) is 9.47 Å². The summed E-state index contributed by atoms with van der Waals surface area (Å²) in [5.41, 5.74) is 10.6. The van der Waals surface area contributed by atoms with Gasteiger partial charge in [-0.3, -0.25) is 9.47 Å². The highest BCUT2D eigenvalue weighted by atomic mass is 16.6. The van der Waals surface area contributed by atoms with Crippen molar-refractivity contribution in [3.63, 3.8) is 0 Å². The molecule has 0 aliphatic carbocycles. The van der Waals surface area contributed by atoms with Gasteiger partial charge in [0.2, 0.25) is 0 Å². The molecule has 1 aromatic heterocycles. The van der Waals surface area contributed by atoms with Crippen molar-refractivity contribution in [3.8, 4) is 5.75 Å². The van der Waals surface area contributed by atoms with E-state index in [1.165, 1.54) is 7.11 Å². The Balaban J connectivity index is 1.73. The van der Waals surface area contributed by atoms with Crippen molar-refractivity contribution in [3.05, 3.63) is 58.8 Å². The summed E-state index contributed by atoms with van der Waals surface area (Å²) in [5.74, 6) is 0.380. The first-order valence-corrected chi connectivity index (χ1v) is 12.7. The molecule has 4 rings (SSSR count). The SMILES string of the molecule is COC(=O)c1ccc([C@H]2CCCCN2Cc2c(OC)cc(C)c3c2ccn3C(=O)OC(C)(C)C)c(N)c1. The Morgan fingerprint density at radius 1 is 1.11 bits per heavy atom. The Hall–Kier alpha value is -3.52. The van der Waals surface area contributed by atoms with E-state index in [1.807, 2.05) is 45.9 Å². The zero-order chi connectivity index (χ0) is 26.9. The number of hydrogen-bond acceptors (Lipinski definition) is 7. The Kier molecular flexibility index (Phi) is 7.50. The summed E-state index contributed by atoms with van der Waals surface area (Å²) in [5, 5.41) is 0.959. The van der Waals surface area contributed by atoms with Crippen LogP contribution in [0, 0.1) is 6.92 Å². The van der Waals surface area contributed by atoms with Crippen LogP contribution >= 0.6 is 0 Å². The maximum atomic E-state index is 13.0. The number of rotatable bonds is 5. The molecule has 0 bridgehead atoms. The number of nitrogens with zero attached hydrogens (tertiary/aromatic N) is 2. The minimum Gasteiger partial charge on any atom is -0.496 e. The number of methoxy groups -OCH3 is 2. The third-order valence-electron chi connectivity index (χ3n) is 6.88. The molecule has 1 atom stereocenters. The predicted molar refractivity (Wildman–Crippen MR) is 144 cm³/mol. The van der Waals surface area contributed by atoms with E-state index in [1.54, 1.807) is 30.0 Å². The number of piperidine rings is 1. The van der Waals surface area contributed by atoms with Gasteiger partial charge in [0.05, 0.1) is 25.3 Å². The number of aryl methyl sites for hydroxylation is 1. The molecule has 37 heavy (non-hydrogen) atoms. The minimum atomic E-state index is -0.596. The zero-order valence-corrected chi connectivity index (χ0v) is 22.6. The average molecular weight is 508 g/mol. The molecule has 0 saturated carbocycles. The number of nitrogens with two attached hydrogens (primary N) is 1. The molecule has 0 amide bonds. The fourth-order valence-electron chi connectivity index (χ4n) is 5.23. The molecule has 8 heteroatoms. The Morgan fingerprint density at radius 3 is 2.51 bits per heavy atom. The molecule has 8 nitrogen and oxygen atoms in total. The molecule has 1 aliphatic heterocycles. The van der Waals surface area contributed by atoms with Gasteiger partial charge in [0, 0.05) is 35.4 Å². The number of esters is 1. The first-order chi connectivity index (χ1) is 17.5. The highest BCUT2D eigenvalue weighted by Crippen LogP contribution is 2.39. The van der Waals surface area contributed by atoms with E-state index in [0.717, 1.165) is 59.2 Å². The van der Waals surface area contributed by atoms with Crippen molar-refractivity contribution in [2.75, 3.05) is 26.5 Å². The molecule has 1 saturated heterocycles. The number of benzene rings is 2. The average Bonchev–Trinajstić information content (AvgIpc) is 3.31. The van der Waals surface area contributed by atoms with Crippen LogP contribution in [0.3, 0.4) is 0 Å². The molecule has 2 aromatic carbocycles. The minimum absolute atomic E-state index is 0.0921. The quantitative estimate of drug-likeness (QED) is 0.342. The smallest absolute Gasteiger partial charge is 0.419 e. The first kappa shape index (κ1) is 26.5. The van der Waals surface area contributed by atoms with E-state index in [2.05, 4.69) is 4.90 Å². The molecule has 3 aromatic rings. The topological polar surface area (TPSA) is 96.0 Å². The van der Waals surface area contributed by atoms with Gasteiger partial charge in [-0.25, -0.2) is 9.59 Å². The summed E-state index contributed by atoms with van der Waals surface area (Å²) in [6.45, 7) is 9.07. The highest BCUT2D eigenvalue weighted by Gasteiger charge is 2.29. The molecule has 0 radical (unpaired) electrons. The fraction of sp³-hybridized carbons (Fsp3) is 0.448. The molecule has 0 unspecified atom stereocenters. The van der Waals surface area contributed by atoms with Crippen LogP contribution in [0.5, 0.6) is 5.75 Å². The van der Waals surface area contributed by atoms with Crippen molar-refractivity contribution >= 4 is 28.7 Å². The highest BCUT2D eigenvalue weighted by molar-refractivity contribution is 5.95. The normalized spacial score (nSPS) is 16.5. The second-order valence-electron chi connectivity index (χ2n) is 10.6. The van der Waals surface area contributed by atoms with Crippen LogP contribution in [0.4, 0.5) is 10.5 Å². The molecule has 1 aliphatic rings. The number of likely N-dealkylation sites (tertiary alicyclic amines) is 1. The van der Waals surface area contributed by atoms with Gasteiger partial charge in [0.15, 0.2) is 0 Å². The molecule has 2 N–H and O–H groups in total. The van der Waals surface area contributed by atoms with Gasteiger partial charge in [-0.2, -0.15) is 0 Å². The molecule has 2 heterocycles. The lowest BCUT2D eigenvalue weighted by Gasteiger charge is -2.37. The number of ether oxygens (including phenoxy) is 3. The monoisotopic (exact) mass is 507 g/mol. The van der Waals surface area contributed by atoms with Gasteiger partial charge >= 0.3 is 12.1 Å². The largest absolute Gasteiger partial charge is 0.496 e. The van der Waals surface area contributed by atoms with E-state index < -0.39 is 17.7 Å². The van der Waals surface area contributed by atoms with Crippen LogP contribution in [-0.4, -0.2) is 47.9 Å². The zero-order valence-electron chi connectivity index (χ0n) is 22.6. The second kappa shape index (κ2) is 10.5. The number of hydrogen-bond donors (Lipinski definition) is 1.